The second-order valence-electron chi connectivity index (χ2n) is 11.9. The first-order valence-corrected chi connectivity index (χ1v) is 15.8. The van der Waals surface area contributed by atoms with Crippen LogP contribution in [0.25, 0.3) is 0 Å². The quantitative estimate of drug-likeness (QED) is 0.225. The molecule has 0 aliphatic carbocycles. The molecule has 4 aromatic rings. The average molecular weight is 635 g/mol. The molecule has 6 rings (SSSR count). The molecule has 45 heavy (non-hydrogen) atoms. The number of anilines is 2. The molecule has 4 aromatic carbocycles. The van der Waals surface area contributed by atoms with E-state index in [4.69, 9.17) is 4.74 Å². The van der Waals surface area contributed by atoms with Crippen molar-refractivity contribution in [3.05, 3.63) is 130 Å². The maximum atomic E-state index is 16.3. The van der Waals surface area contributed by atoms with Crippen molar-refractivity contribution in [2.75, 3.05) is 16.0 Å². The van der Waals surface area contributed by atoms with Crippen molar-refractivity contribution in [3.8, 4) is 11.5 Å². The minimum atomic E-state index is -4.19. The summed E-state index contributed by atoms with van der Waals surface area (Å²) >= 11 is 0. The number of hydrogen-bond donors (Lipinski definition) is 2. The van der Waals surface area contributed by atoms with Gasteiger partial charge in [0.1, 0.15) is 47.3 Å². The molecular formula is C34H29F3N2O5S. The highest BCUT2D eigenvalue weighted by Crippen LogP contribution is 2.52. The zero-order valence-electron chi connectivity index (χ0n) is 24.4. The number of nitrogens with zero attached hydrogens (tertiary/aromatic N) is 1. The Hall–Kier alpha value is -4.77. The molecule has 0 bridgehead atoms. The molecule has 0 saturated carbocycles. The van der Waals surface area contributed by atoms with Gasteiger partial charge in [0.05, 0.1) is 21.9 Å². The largest absolute Gasteiger partial charge is 0.506 e. The number of rotatable bonds is 5. The van der Waals surface area contributed by atoms with E-state index in [1.807, 2.05) is 30.3 Å². The molecule has 1 atom stereocenters. The molecular weight excluding hydrogens is 605 g/mol. The van der Waals surface area contributed by atoms with Crippen molar-refractivity contribution in [1.82, 2.24) is 0 Å². The number of sulfone groups is 1. The lowest BCUT2D eigenvalue weighted by Crippen LogP contribution is -2.41. The number of phenols is 1. The van der Waals surface area contributed by atoms with E-state index in [1.165, 1.54) is 30.3 Å². The van der Waals surface area contributed by atoms with E-state index < -0.39 is 50.2 Å². The summed E-state index contributed by atoms with van der Waals surface area (Å²) in [5.41, 5.74) is -0.562. The molecule has 7 nitrogen and oxygen atoms in total. The number of fused-ring (bicyclic) bond motifs is 1. The van der Waals surface area contributed by atoms with E-state index in [0.29, 0.717) is 6.07 Å². The van der Waals surface area contributed by atoms with Gasteiger partial charge in [0.25, 0.3) is 5.91 Å². The van der Waals surface area contributed by atoms with E-state index in [0.717, 1.165) is 28.7 Å². The Kier molecular flexibility index (Phi) is 7.60. The highest BCUT2D eigenvalue weighted by molar-refractivity contribution is 7.95. The molecule has 0 spiro atoms. The van der Waals surface area contributed by atoms with Gasteiger partial charge in [0.15, 0.2) is 9.84 Å². The number of para-hydroxylation sites is 1. The van der Waals surface area contributed by atoms with Crippen molar-refractivity contribution in [1.29, 1.82) is 0 Å². The highest BCUT2D eigenvalue weighted by Gasteiger charge is 2.48. The number of benzene rings is 4. The number of carbonyl (C=O) groups is 1. The number of nitrogens with one attached hydrogen (secondary N) is 1. The van der Waals surface area contributed by atoms with Gasteiger partial charge in [0.2, 0.25) is 0 Å². The summed E-state index contributed by atoms with van der Waals surface area (Å²) in [6.07, 6.45) is 0.179. The van der Waals surface area contributed by atoms with Crippen molar-refractivity contribution < 1.29 is 36.2 Å². The molecule has 0 aromatic heterocycles. The summed E-state index contributed by atoms with van der Waals surface area (Å²) in [7, 11) is -4.19. The fourth-order valence-electron chi connectivity index (χ4n) is 5.96. The lowest BCUT2D eigenvalue weighted by Gasteiger charge is -2.37. The first-order chi connectivity index (χ1) is 21.3. The second kappa shape index (κ2) is 11.3. The summed E-state index contributed by atoms with van der Waals surface area (Å²) in [6.45, 7) is 3.67. The third kappa shape index (κ3) is 5.75. The maximum absolute atomic E-state index is 16.3. The van der Waals surface area contributed by atoms with E-state index in [1.54, 1.807) is 13.8 Å². The van der Waals surface area contributed by atoms with Gasteiger partial charge in [0, 0.05) is 23.4 Å². The van der Waals surface area contributed by atoms with E-state index in [-0.39, 0.29) is 57.8 Å². The smallest absolute Gasteiger partial charge is 0.262 e. The van der Waals surface area contributed by atoms with E-state index >= 15 is 8.78 Å². The standard InChI is InChI=1S/C34H29F3N2O5S/c1-34(2)17-27-32(45(42,43)19-34)31(23-14-12-22(16-26(23)37)44-18-20-7-4-3-5-8-20)39(28-9-6-10-29(40)30(28)38-27)33(41)24-13-11-21(35)15-25(24)36/h3-16,31,38,40H,17-19H2,1-2H3. The molecule has 0 fully saturated rings. The summed E-state index contributed by atoms with van der Waals surface area (Å²) in [6, 6.07) is 18.0. The SMILES string of the molecule is CC1(C)CC2=C(C(c3ccc(OCc4ccccc4)cc3F)N(C(=O)c3ccc(F)cc3F)c3cccc(O)c3N2)S(=O)(=O)C1. The molecule has 1 amide bonds. The van der Waals surface area contributed by atoms with Gasteiger partial charge in [-0.2, -0.15) is 0 Å². The number of amides is 1. The molecule has 1 unspecified atom stereocenters. The number of carbonyl (C=O) groups excluding carboxylic acids is 1. The number of allylic oxidation sites excluding steroid dienone is 1. The first-order valence-electron chi connectivity index (χ1n) is 14.1. The zero-order valence-corrected chi connectivity index (χ0v) is 25.2. The van der Waals surface area contributed by atoms with Gasteiger partial charge >= 0.3 is 0 Å². The number of halogens is 3. The average Bonchev–Trinajstić information content (AvgIpc) is 3.11. The Balaban J connectivity index is 1.57. The number of ether oxygens (including phenoxy) is 1. The molecule has 2 heterocycles. The van der Waals surface area contributed by atoms with Crippen molar-refractivity contribution in [2.45, 2.75) is 32.9 Å². The fraction of sp³-hybridized carbons (Fsp3) is 0.206. The van der Waals surface area contributed by atoms with Gasteiger partial charge < -0.3 is 15.2 Å². The van der Waals surface area contributed by atoms with Crippen LogP contribution in [0.5, 0.6) is 11.5 Å². The molecule has 0 radical (unpaired) electrons. The van der Waals surface area contributed by atoms with Crippen molar-refractivity contribution >= 4 is 27.1 Å². The van der Waals surface area contributed by atoms with Crippen molar-refractivity contribution in [2.24, 2.45) is 5.41 Å². The third-order valence-corrected chi connectivity index (χ3v) is 10.1. The zero-order chi connectivity index (χ0) is 32.1. The maximum Gasteiger partial charge on any atom is 0.262 e. The summed E-state index contributed by atoms with van der Waals surface area (Å²) in [5, 5.41) is 13.9. The van der Waals surface area contributed by atoms with Crippen LogP contribution in [0.2, 0.25) is 0 Å². The fourth-order valence-corrected chi connectivity index (χ4v) is 8.32. The van der Waals surface area contributed by atoms with Gasteiger partial charge in [-0.1, -0.05) is 50.2 Å². The summed E-state index contributed by atoms with van der Waals surface area (Å²) < 4.78 is 79.2. The number of phenolic OH excluding ortho intramolecular Hbond substituents is 1. The van der Waals surface area contributed by atoms with Crippen LogP contribution in [-0.4, -0.2) is 25.2 Å². The minimum absolute atomic E-state index is 0.0144. The molecule has 2 N–H and O–H groups in total. The Morgan fingerprint density at radius 1 is 0.978 bits per heavy atom. The molecule has 2 aliphatic heterocycles. The van der Waals surface area contributed by atoms with Crippen molar-refractivity contribution in [3.63, 3.8) is 0 Å². The topological polar surface area (TPSA) is 95.9 Å². The Morgan fingerprint density at radius 2 is 1.73 bits per heavy atom. The van der Waals surface area contributed by atoms with Crippen LogP contribution in [0.1, 0.15) is 47.8 Å². The van der Waals surface area contributed by atoms with Gasteiger partial charge in [-0.05, 0) is 53.8 Å². The van der Waals surface area contributed by atoms with Crippen LogP contribution < -0.4 is 15.0 Å². The Labute approximate surface area is 258 Å². The Morgan fingerprint density at radius 3 is 2.44 bits per heavy atom. The summed E-state index contributed by atoms with van der Waals surface area (Å²) in [4.78, 5) is 14.9. The number of hydrogen-bond acceptors (Lipinski definition) is 6. The van der Waals surface area contributed by atoms with Crippen LogP contribution in [0.15, 0.2) is 95.5 Å². The lowest BCUT2D eigenvalue weighted by molar-refractivity contribution is 0.0976. The molecule has 232 valence electrons. The van der Waals surface area contributed by atoms with Crippen LogP contribution in [0, 0.1) is 22.9 Å². The van der Waals surface area contributed by atoms with E-state index in [2.05, 4.69) is 5.32 Å². The van der Waals surface area contributed by atoms with Gasteiger partial charge in [-0.15, -0.1) is 0 Å². The van der Waals surface area contributed by atoms with Gasteiger partial charge in [-0.25, -0.2) is 21.6 Å². The number of aromatic hydroxyl groups is 1. The lowest BCUT2D eigenvalue weighted by atomic mass is 9.88. The second-order valence-corrected chi connectivity index (χ2v) is 13.9. The van der Waals surface area contributed by atoms with Crippen LogP contribution >= 0.6 is 0 Å². The van der Waals surface area contributed by atoms with Crippen LogP contribution in [0.3, 0.4) is 0 Å². The van der Waals surface area contributed by atoms with Gasteiger partial charge in [-0.3, -0.25) is 9.69 Å². The molecule has 0 saturated heterocycles. The highest BCUT2D eigenvalue weighted by atomic mass is 32.2. The van der Waals surface area contributed by atoms with E-state index in [9.17, 15) is 22.7 Å². The monoisotopic (exact) mass is 634 g/mol. The minimum Gasteiger partial charge on any atom is -0.506 e. The normalized spacial score (nSPS) is 18.3. The summed E-state index contributed by atoms with van der Waals surface area (Å²) in [5.74, 6) is -4.52. The molecule has 11 heteroatoms. The predicted molar refractivity (Wildman–Crippen MR) is 164 cm³/mol. The van der Waals surface area contributed by atoms with Crippen LogP contribution in [0.4, 0.5) is 24.5 Å². The Bertz CT molecular complexity index is 1960. The predicted octanol–water partition coefficient (Wildman–Crippen LogP) is 7.26. The molecule has 2 aliphatic rings. The van der Waals surface area contributed by atoms with Crippen LogP contribution in [-0.2, 0) is 16.4 Å². The third-order valence-electron chi connectivity index (χ3n) is 7.83. The first kappa shape index (κ1) is 30.3.